The van der Waals surface area contributed by atoms with Crippen molar-refractivity contribution in [2.45, 2.75) is 58.4 Å². The van der Waals surface area contributed by atoms with Gasteiger partial charge in [-0.3, -0.25) is 10.1 Å². The van der Waals surface area contributed by atoms with Crippen LogP contribution in [0.25, 0.3) is 0 Å². The number of carbonyl (C=O) groups is 2. The number of hydrogen-bond donors (Lipinski definition) is 2. The number of ether oxygens (including phenoxy) is 1. The van der Waals surface area contributed by atoms with Gasteiger partial charge in [0.05, 0.1) is 12.4 Å². The molecule has 1 heterocycles. The molecule has 8 nitrogen and oxygen atoms in total. The van der Waals surface area contributed by atoms with Gasteiger partial charge in [0.1, 0.15) is 6.54 Å². The van der Waals surface area contributed by atoms with E-state index in [-0.39, 0.29) is 24.0 Å². The third kappa shape index (κ3) is 6.65. The number of urea groups is 1. The molecule has 0 radical (unpaired) electrons. The van der Waals surface area contributed by atoms with Gasteiger partial charge in [0, 0.05) is 18.2 Å². The number of carbonyl (C=O) groups excluding carboxylic acids is 2. The topological polar surface area (TPSA) is 105 Å². The van der Waals surface area contributed by atoms with E-state index in [4.69, 9.17) is 4.74 Å². The Morgan fingerprint density at radius 1 is 1.25 bits per heavy atom. The van der Waals surface area contributed by atoms with Crippen LogP contribution in [0.1, 0.15) is 63.1 Å². The summed E-state index contributed by atoms with van der Waals surface area (Å²) in [4.78, 5) is 24.1. The first-order valence-electron chi connectivity index (χ1n) is 11.2. The molecule has 2 N–H and O–H groups in total. The Morgan fingerprint density at radius 2 is 2.00 bits per heavy atom. The maximum Gasteiger partial charge on any atom is 0.324 e. The summed E-state index contributed by atoms with van der Waals surface area (Å²) in [5.41, 5.74) is 1.41. The zero-order valence-electron chi connectivity index (χ0n) is 18.7. The van der Waals surface area contributed by atoms with Crippen LogP contribution in [0.5, 0.6) is 5.75 Å². The summed E-state index contributed by atoms with van der Waals surface area (Å²) in [5, 5.41) is 2.21. The molecule has 3 rings (SSSR count). The van der Waals surface area contributed by atoms with Gasteiger partial charge in [0.25, 0.3) is 0 Å². The Bertz CT molecular complexity index is 949. The predicted octanol–water partition coefficient (Wildman–Crippen LogP) is 2.88. The van der Waals surface area contributed by atoms with Gasteiger partial charge in [0.2, 0.25) is 15.9 Å². The Kier molecular flexibility index (Phi) is 8.10. The fraction of sp³-hybridized carbons (Fsp3) is 0.636. The van der Waals surface area contributed by atoms with Gasteiger partial charge in [-0.05, 0) is 56.6 Å². The molecule has 0 aromatic heterocycles. The van der Waals surface area contributed by atoms with Gasteiger partial charge in [-0.1, -0.05) is 19.4 Å². The molecule has 1 aromatic carbocycles. The largest absolute Gasteiger partial charge is 0.490 e. The molecule has 32 heavy (non-hydrogen) atoms. The van der Waals surface area contributed by atoms with Crippen molar-refractivity contribution < 1.29 is 27.1 Å². The molecule has 0 bridgehead atoms. The first kappa shape index (κ1) is 24.4. The quantitative estimate of drug-likeness (QED) is 0.341. The van der Waals surface area contributed by atoms with Crippen molar-refractivity contribution in [1.29, 1.82) is 0 Å². The second kappa shape index (κ2) is 10.6. The summed E-state index contributed by atoms with van der Waals surface area (Å²) in [6.07, 6.45) is 4.40. The Labute approximate surface area is 188 Å². The lowest BCUT2D eigenvalue weighted by molar-refractivity contribution is -0.118. The van der Waals surface area contributed by atoms with Crippen LogP contribution < -0.4 is 14.8 Å². The van der Waals surface area contributed by atoms with Crippen molar-refractivity contribution >= 4 is 22.0 Å². The van der Waals surface area contributed by atoms with Crippen molar-refractivity contribution in [3.63, 3.8) is 0 Å². The van der Waals surface area contributed by atoms with Gasteiger partial charge in [0.15, 0.2) is 11.6 Å². The van der Waals surface area contributed by atoms with Crippen LogP contribution in [0.3, 0.4) is 0 Å². The number of hydrogen-bond acceptors (Lipinski definition) is 5. The Morgan fingerprint density at radius 3 is 2.62 bits per heavy atom. The molecule has 2 aliphatic rings. The highest BCUT2D eigenvalue weighted by molar-refractivity contribution is 7.89. The Hall–Kier alpha value is -2.20. The highest BCUT2D eigenvalue weighted by Crippen LogP contribution is 2.34. The van der Waals surface area contributed by atoms with Crippen LogP contribution in [0.2, 0.25) is 0 Å². The maximum atomic E-state index is 14.4. The van der Waals surface area contributed by atoms with E-state index in [1.807, 2.05) is 6.92 Å². The van der Waals surface area contributed by atoms with E-state index in [2.05, 4.69) is 10.0 Å². The molecule has 1 atom stereocenters. The number of sulfonamides is 1. The molecule has 3 amide bonds. The minimum atomic E-state index is -3.54. The van der Waals surface area contributed by atoms with Gasteiger partial charge in [-0.25, -0.2) is 22.3 Å². The zero-order valence-corrected chi connectivity index (χ0v) is 19.5. The monoisotopic (exact) mass is 469 g/mol. The number of nitrogens with zero attached hydrogens (tertiary/aromatic N) is 1. The summed E-state index contributed by atoms with van der Waals surface area (Å²) >= 11 is 0. The predicted molar refractivity (Wildman–Crippen MR) is 118 cm³/mol. The van der Waals surface area contributed by atoms with Crippen LogP contribution in [0, 0.1) is 11.7 Å². The lowest BCUT2D eigenvalue weighted by Crippen LogP contribution is -2.30. The summed E-state index contributed by atoms with van der Waals surface area (Å²) in [7, 11) is -3.54. The number of imide groups is 1. The SMILES string of the molecule is CCc1c(C(C)NS(=O)(=O)CCCCCN2CC(=O)NC2=O)ccc(F)c1OCC1CC1. The van der Waals surface area contributed by atoms with E-state index < -0.39 is 27.9 Å². The molecule has 1 aromatic rings. The molecule has 1 aliphatic heterocycles. The molecule has 2 fully saturated rings. The van der Waals surface area contributed by atoms with Crippen LogP contribution in [-0.2, 0) is 21.2 Å². The first-order valence-corrected chi connectivity index (χ1v) is 12.9. The van der Waals surface area contributed by atoms with Crippen molar-refractivity contribution in [3.05, 3.63) is 29.1 Å². The van der Waals surface area contributed by atoms with Crippen LogP contribution in [0.4, 0.5) is 9.18 Å². The number of benzene rings is 1. The van der Waals surface area contributed by atoms with Crippen LogP contribution in [0.15, 0.2) is 12.1 Å². The van der Waals surface area contributed by atoms with Gasteiger partial charge in [-0.2, -0.15) is 0 Å². The van der Waals surface area contributed by atoms with E-state index in [9.17, 15) is 22.4 Å². The fourth-order valence-corrected chi connectivity index (χ4v) is 5.22. The average Bonchev–Trinajstić information content (AvgIpc) is 3.49. The molecule has 1 aliphatic carbocycles. The summed E-state index contributed by atoms with van der Waals surface area (Å²) in [5.74, 6) is -0.0684. The van der Waals surface area contributed by atoms with Gasteiger partial charge < -0.3 is 9.64 Å². The van der Waals surface area contributed by atoms with Crippen LogP contribution >= 0.6 is 0 Å². The lowest BCUT2D eigenvalue weighted by Gasteiger charge is -2.21. The van der Waals surface area contributed by atoms with E-state index in [1.165, 1.54) is 11.0 Å². The molecule has 1 unspecified atom stereocenters. The molecular weight excluding hydrogens is 437 g/mol. The van der Waals surface area contributed by atoms with Gasteiger partial charge >= 0.3 is 6.03 Å². The van der Waals surface area contributed by atoms with Crippen molar-refractivity contribution in [3.8, 4) is 5.75 Å². The third-order valence-electron chi connectivity index (χ3n) is 5.79. The number of amides is 3. The zero-order chi connectivity index (χ0) is 23.3. The summed E-state index contributed by atoms with van der Waals surface area (Å²) in [6.45, 7) is 4.61. The third-order valence-corrected chi connectivity index (χ3v) is 7.33. The van der Waals surface area contributed by atoms with E-state index in [0.717, 1.165) is 12.8 Å². The maximum absolute atomic E-state index is 14.4. The van der Waals surface area contributed by atoms with Crippen molar-refractivity contribution in [2.24, 2.45) is 5.92 Å². The van der Waals surface area contributed by atoms with Gasteiger partial charge in [-0.15, -0.1) is 0 Å². The molecule has 1 saturated heterocycles. The normalized spacial score (nSPS) is 17.5. The number of nitrogens with one attached hydrogen (secondary N) is 2. The number of unbranched alkanes of at least 4 members (excludes halogenated alkanes) is 2. The average molecular weight is 470 g/mol. The standard InChI is InChI=1S/C22H32FN3O5S/c1-3-17-18(9-10-19(23)21(17)31-14-16-7-8-16)15(2)25-32(29,30)12-6-4-5-11-26-13-20(27)24-22(26)28/h9-10,15-16,25H,3-8,11-14H2,1-2H3,(H,24,27,28). The molecular formula is C22H32FN3O5S. The van der Waals surface area contributed by atoms with Crippen LogP contribution in [-0.4, -0.2) is 50.7 Å². The van der Waals surface area contributed by atoms with E-state index >= 15 is 0 Å². The summed E-state index contributed by atoms with van der Waals surface area (Å²) in [6, 6.07) is 2.04. The molecule has 0 spiro atoms. The molecule has 10 heteroatoms. The van der Waals surface area contributed by atoms with E-state index in [1.54, 1.807) is 13.0 Å². The highest BCUT2D eigenvalue weighted by Gasteiger charge is 2.27. The van der Waals surface area contributed by atoms with E-state index in [0.29, 0.717) is 55.9 Å². The van der Waals surface area contributed by atoms with Crippen molar-refractivity contribution in [2.75, 3.05) is 25.4 Å². The Balaban J connectivity index is 1.51. The minimum Gasteiger partial charge on any atom is -0.490 e. The molecule has 1 saturated carbocycles. The number of halogens is 1. The molecule has 178 valence electrons. The minimum absolute atomic E-state index is 0.0455. The number of rotatable bonds is 13. The highest BCUT2D eigenvalue weighted by atomic mass is 32.2. The second-order valence-corrected chi connectivity index (χ2v) is 10.4. The second-order valence-electron chi connectivity index (χ2n) is 8.55. The fourth-order valence-electron chi connectivity index (χ4n) is 3.85. The first-order chi connectivity index (χ1) is 15.2. The summed E-state index contributed by atoms with van der Waals surface area (Å²) < 4.78 is 47.9. The lowest BCUT2D eigenvalue weighted by atomic mass is 9.98. The smallest absolute Gasteiger partial charge is 0.324 e. The van der Waals surface area contributed by atoms with Crippen molar-refractivity contribution in [1.82, 2.24) is 14.9 Å².